The number of nitrogens with one attached hydrogen (secondary N) is 1. The molecule has 2 unspecified atom stereocenters. The molecule has 0 saturated heterocycles. The number of nitrogens with zero attached hydrogens (tertiary/aromatic N) is 1. The van der Waals surface area contributed by atoms with Gasteiger partial charge in [0.05, 0.1) is 11.6 Å². The van der Waals surface area contributed by atoms with Gasteiger partial charge in [-0.2, -0.15) is 5.26 Å². The number of nitriles is 1. The summed E-state index contributed by atoms with van der Waals surface area (Å²) >= 11 is 6.08. The highest BCUT2D eigenvalue weighted by Crippen LogP contribution is 2.17. The van der Waals surface area contributed by atoms with Gasteiger partial charge < -0.3 is 5.32 Å². The average Bonchev–Trinajstić information content (AvgIpc) is 2.34. The summed E-state index contributed by atoms with van der Waals surface area (Å²) in [4.78, 5) is 0. The van der Waals surface area contributed by atoms with Crippen LogP contribution in [0.2, 0.25) is 5.02 Å². The summed E-state index contributed by atoms with van der Waals surface area (Å²) in [6.07, 6.45) is 2.58. The van der Waals surface area contributed by atoms with Crippen molar-refractivity contribution >= 4 is 22.4 Å². The Morgan fingerprint density at radius 3 is 2.83 bits per heavy atom. The SMILES string of the molecule is CC(CCS(C)=O)NCc1ccc(C#N)cc1Cl. The van der Waals surface area contributed by atoms with Crippen LogP contribution in [0.1, 0.15) is 24.5 Å². The number of halogens is 1. The molecule has 3 nitrogen and oxygen atoms in total. The molecule has 0 aliphatic rings. The predicted molar refractivity (Wildman–Crippen MR) is 76.0 cm³/mol. The molecule has 0 spiro atoms. The molecule has 0 heterocycles. The first-order valence-corrected chi connectivity index (χ1v) is 7.85. The second kappa shape index (κ2) is 7.52. The molecule has 0 amide bonds. The van der Waals surface area contributed by atoms with Crippen LogP contribution in [0.4, 0.5) is 0 Å². The maximum absolute atomic E-state index is 11.0. The maximum atomic E-state index is 11.0. The Kier molecular flexibility index (Phi) is 6.34. The van der Waals surface area contributed by atoms with Crippen molar-refractivity contribution in [2.75, 3.05) is 12.0 Å². The van der Waals surface area contributed by atoms with Crippen LogP contribution in [0, 0.1) is 11.3 Å². The molecule has 2 atom stereocenters. The van der Waals surface area contributed by atoms with Gasteiger partial charge in [-0.25, -0.2) is 0 Å². The molecule has 0 bridgehead atoms. The van der Waals surface area contributed by atoms with Crippen molar-refractivity contribution in [2.24, 2.45) is 0 Å². The van der Waals surface area contributed by atoms with E-state index in [-0.39, 0.29) is 0 Å². The first-order valence-electron chi connectivity index (χ1n) is 5.75. The molecular weight excluding hydrogens is 268 g/mol. The fourth-order valence-corrected chi connectivity index (χ4v) is 2.42. The monoisotopic (exact) mass is 284 g/mol. The molecule has 0 radical (unpaired) electrons. The lowest BCUT2D eigenvalue weighted by Gasteiger charge is -2.13. The normalized spacial score (nSPS) is 13.9. The smallest absolute Gasteiger partial charge is 0.0992 e. The summed E-state index contributed by atoms with van der Waals surface area (Å²) in [5.74, 6) is 0.704. The number of rotatable bonds is 6. The van der Waals surface area contributed by atoms with Crippen LogP contribution in [0.5, 0.6) is 0 Å². The largest absolute Gasteiger partial charge is 0.310 e. The van der Waals surface area contributed by atoms with Gasteiger partial charge in [0.1, 0.15) is 0 Å². The number of hydrogen-bond acceptors (Lipinski definition) is 3. The fraction of sp³-hybridized carbons (Fsp3) is 0.462. The van der Waals surface area contributed by atoms with Crippen LogP contribution in [0.3, 0.4) is 0 Å². The Balaban J connectivity index is 2.48. The summed E-state index contributed by atoms with van der Waals surface area (Å²) < 4.78 is 11.0. The molecular formula is C13H17ClN2OS. The van der Waals surface area contributed by atoms with E-state index in [4.69, 9.17) is 16.9 Å². The van der Waals surface area contributed by atoms with Gasteiger partial charge in [-0.15, -0.1) is 0 Å². The Bertz CT molecular complexity index is 471. The van der Waals surface area contributed by atoms with Gasteiger partial charge in [-0.3, -0.25) is 4.21 Å². The quantitative estimate of drug-likeness (QED) is 0.873. The first-order chi connectivity index (χ1) is 8.52. The fourth-order valence-electron chi connectivity index (χ4n) is 1.49. The number of benzene rings is 1. The molecule has 98 valence electrons. The predicted octanol–water partition coefficient (Wildman–Crippen LogP) is 2.46. The summed E-state index contributed by atoms with van der Waals surface area (Å²) in [5.41, 5.74) is 1.54. The van der Waals surface area contributed by atoms with Crippen LogP contribution >= 0.6 is 11.6 Å². The van der Waals surface area contributed by atoms with Crippen molar-refractivity contribution in [2.45, 2.75) is 25.9 Å². The minimum atomic E-state index is -0.745. The summed E-state index contributed by atoms with van der Waals surface area (Å²) in [6.45, 7) is 2.71. The third-order valence-electron chi connectivity index (χ3n) is 2.66. The summed E-state index contributed by atoms with van der Waals surface area (Å²) in [7, 11) is -0.745. The van der Waals surface area contributed by atoms with E-state index < -0.39 is 10.8 Å². The molecule has 1 aromatic carbocycles. The topological polar surface area (TPSA) is 52.9 Å². The van der Waals surface area contributed by atoms with Crippen molar-refractivity contribution in [1.82, 2.24) is 5.32 Å². The van der Waals surface area contributed by atoms with E-state index in [1.807, 2.05) is 6.07 Å². The van der Waals surface area contributed by atoms with E-state index in [0.29, 0.717) is 28.9 Å². The molecule has 1 rings (SSSR count). The van der Waals surface area contributed by atoms with Crippen molar-refractivity contribution in [3.05, 3.63) is 34.3 Å². The Morgan fingerprint density at radius 2 is 2.28 bits per heavy atom. The van der Waals surface area contributed by atoms with E-state index in [0.717, 1.165) is 12.0 Å². The van der Waals surface area contributed by atoms with Gasteiger partial charge in [0.25, 0.3) is 0 Å². The second-order valence-electron chi connectivity index (χ2n) is 4.27. The van der Waals surface area contributed by atoms with E-state index in [1.54, 1.807) is 18.4 Å². The first kappa shape index (κ1) is 15.2. The lowest BCUT2D eigenvalue weighted by atomic mass is 10.1. The van der Waals surface area contributed by atoms with E-state index in [2.05, 4.69) is 18.3 Å². The summed E-state index contributed by atoms with van der Waals surface area (Å²) in [6, 6.07) is 7.64. The van der Waals surface area contributed by atoms with Gasteiger partial charge in [-0.1, -0.05) is 17.7 Å². The third kappa shape index (κ3) is 5.18. The highest BCUT2D eigenvalue weighted by molar-refractivity contribution is 7.84. The van der Waals surface area contributed by atoms with E-state index in [9.17, 15) is 4.21 Å². The van der Waals surface area contributed by atoms with Crippen molar-refractivity contribution in [1.29, 1.82) is 5.26 Å². The molecule has 1 N–H and O–H groups in total. The minimum absolute atomic E-state index is 0.292. The van der Waals surface area contributed by atoms with Crippen LogP contribution in [-0.2, 0) is 17.3 Å². The van der Waals surface area contributed by atoms with Crippen LogP contribution in [0.15, 0.2) is 18.2 Å². The number of hydrogen-bond donors (Lipinski definition) is 1. The summed E-state index contributed by atoms with van der Waals surface area (Å²) in [5, 5.41) is 12.7. The van der Waals surface area contributed by atoms with Gasteiger partial charge in [0.2, 0.25) is 0 Å². The third-order valence-corrected chi connectivity index (χ3v) is 3.82. The standard InChI is InChI=1S/C13H17ClN2OS/c1-10(5-6-18(2)17)16-9-12-4-3-11(8-15)7-13(12)14/h3-4,7,10,16H,5-6,9H2,1-2H3. The molecule has 1 aromatic rings. The molecule has 0 aliphatic carbocycles. The zero-order valence-corrected chi connectivity index (χ0v) is 12.1. The van der Waals surface area contributed by atoms with E-state index in [1.165, 1.54) is 0 Å². The van der Waals surface area contributed by atoms with Gasteiger partial charge in [0.15, 0.2) is 0 Å². The van der Waals surface area contributed by atoms with Crippen molar-refractivity contribution in [3.63, 3.8) is 0 Å². The van der Waals surface area contributed by atoms with Crippen LogP contribution in [0.25, 0.3) is 0 Å². The van der Waals surface area contributed by atoms with Crippen LogP contribution < -0.4 is 5.32 Å². The molecule has 0 saturated carbocycles. The molecule has 18 heavy (non-hydrogen) atoms. The Labute approximate surface area is 116 Å². The zero-order chi connectivity index (χ0) is 13.5. The second-order valence-corrected chi connectivity index (χ2v) is 6.23. The van der Waals surface area contributed by atoms with Crippen molar-refractivity contribution < 1.29 is 4.21 Å². The van der Waals surface area contributed by atoms with Gasteiger partial charge >= 0.3 is 0 Å². The highest BCUT2D eigenvalue weighted by atomic mass is 35.5. The van der Waals surface area contributed by atoms with E-state index >= 15 is 0 Å². The lowest BCUT2D eigenvalue weighted by molar-refractivity contribution is 0.535. The Hall–Kier alpha value is -0.890. The van der Waals surface area contributed by atoms with Crippen LogP contribution in [-0.4, -0.2) is 22.3 Å². The van der Waals surface area contributed by atoms with Crippen molar-refractivity contribution in [3.8, 4) is 6.07 Å². The Morgan fingerprint density at radius 1 is 1.56 bits per heavy atom. The van der Waals surface area contributed by atoms with Gasteiger partial charge in [0, 0.05) is 40.4 Å². The molecule has 0 fully saturated rings. The van der Waals surface area contributed by atoms with Gasteiger partial charge in [-0.05, 0) is 31.0 Å². The average molecular weight is 285 g/mol. The maximum Gasteiger partial charge on any atom is 0.0992 e. The zero-order valence-electron chi connectivity index (χ0n) is 10.6. The minimum Gasteiger partial charge on any atom is -0.310 e. The molecule has 0 aromatic heterocycles. The molecule has 5 heteroatoms. The lowest BCUT2D eigenvalue weighted by Crippen LogP contribution is -2.27. The molecule has 0 aliphatic heterocycles. The highest BCUT2D eigenvalue weighted by Gasteiger charge is 2.05.